The van der Waals surface area contributed by atoms with Gasteiger partial charge >= 0.3 is 0 Å². The molecule has 0 saturated carbocycles. The zero-order valence-corrected chi connectivity index (χ0v) is 20.4. The van der Waals surface area contributed by atoms with Gasteiger partial charge in [0, 0.05) is 22.1 Å². The van der Waals surface area contributed by atoms with Crippen molar-refractivity contribution in [3.8, 4) is 5.75 Å². The molecule has 1 heterocycles. The second-order valence-corrected chi connectivity index (χ2v) is 9.77. The number of aliphatic imine (C=N–C) groups is 1. The molecule has 1 aliphatic rings. The van der Waals surface area contributed by atoms with Crippen molar-refractivity contribution in [2.45, 2.75) is 53.3 Å². The van der Waals surface area contributed by atoms with Crippen LogP contribution in [0.5, 0.6) is 5.75 Å². The zero-order valence-electron chi connectivity index (χ0n) is 18.0. The lowest BCUT2D eigenvalue weighted by Gasteiger charge is -2.20. The van der Waals surface area contributed by atoms with Crippen molar-refractivity contribution in [3.63, 3.8) is 0 Å². The lowest BCUT2D eigenvalue weighted by Crippen LogP contribution is -2.35. The maximum absolute atomic E-state index is 13.1. The summed E-state index contributed by atoms with van der Waals surface area (Å²) < 4.78 is 7.05. The normalized spacial score (nSPS) is 17.1. The van der Waals surface area contributed by atoms with E-state index in [1.165, 1.54) is 17.3 Å². The molecular formula is C24H27BrN2O2S. The van der Waals surface area contributed by atoms with Gasteiger partial charge in [-0.25, -0.2) is 0 Å². The lowest BCUT2D eigenvalue weighted by molar-refractivity contribution is -0.123. The summed E-state index contributed by atoms with van der Waals surface area (Å²) in [4.78, 5) is 20.1. The summed E-state index contributed by atoms with van der Waals surface area (Å²) >= 11 is 4.96. The van der Waals surface area contributed by atoms with Gasteiger partial charge in [0.2, 0.25) is 0 Å². The number of thioether (sulfide) groups is 1. The highest BCUT2D eigenvalue weighted by Crippen LogP contribution is 2.36. The number of carbonyl (C=O) groups is 1. The van der Waals surface area contributed by atoms with E-state index in [0.717, 1.165) is 26.5 Å². The largest absolute Gasteiger partial charge is 0.488 e. The van der Waals surface area contributed by atoms with Gasteiger partial charge in [-0.15, -0.1) is 0 Å². The summed E-state index contributed by atoms with van der Waals surface area (Å²) in [6, 6.07) is 14.3. The molecule has 0 spiro atoms. The van der Waals surface area contributed by atoms with Crippen LogP contribution in [0.25, 0.3) is 6.08 Å². The molecular weight excluding hydrogens is 460 g/mol. The third-order valence-corrected chi connectivity index (χ3v) is 5.95. The first kappa shape index (κ1) is 22.6. The Morgan fingerprint density at radius 2 is 1.93 bits per heavy atom. The molecule has 0 aromatic heterocycles. The average molecular weight is 487 g/mol. The van der Waals surface area contributed by atoms with E-state index < -0.39 is 0 Å². The topological polar surface area (TPSA) is 41.9 Å². The summed E-state index contributed by atoms with van der Waals surface area (Å²) in [7, 11) is 0. The van der Waals surface area contributed by atoms with E-state index in [9.17, 15) is 4.79 Å². The molecule has 1 amide bonds. The van der Waals surface area contributed by atoms with Gasteiger partial charge in [-0.2, -0.15) is 0 Å². The predicted molar refractivity (Wildman–Crippen MR) is 130 cm³/mol. The van der Waals surface area contributed by atoms with E-state index in [4.69, 9.17) is 4.74 Å². The fraction of sp³-hybridized carbons (Fsp3) is 0.333. The third-order valence-electron chi connectivity index (χ3n) is 4.46. The van der Waals surface area contributed by atoms with Gasteiger partial charge in [-0.05, 0) is 76.2 Å². The Morgan fingerprint density at radius 1 is 1.17 bits per heavy atom. The monoisotopic (exact) mass is 486 g/mol. The number of halogens is 1. The van der Waals surface area contributed by atoms with Crippen LogP contribution in [0.4, 0.5) is 0 Å². The van der Waals surface area contributed by atoms with Crippen molar-refractivity contribution in [1.82, 2.24) is 4.90 Å². The van der Waals surface area contributed by atoms with E-state index in [1.807, 2.05) is 58.0 Å². The molecule has 158 valence electrons. The summed E-state index contributed by atoms with van der Waals surface area (Å²) in [5.74, 6) is 0.727. The molecule has 1 saturated heterocycles. The SMILES string of the molecule is Cc1cccc(COc2ccc(Br)cc2/C=C2/SC(=NC(C)C)N(C(C)C)C2=O)c1. The van der Waals surface area contributed by atoms with Gasteiger partial charge in [0.25, 0.3) is 5.91 Å². The first-order chi connectivity index (χ1) is 14.2. The van der Waals surface area contributed by atoms with Crippen LogP contribution in [0.2, 0.25) is 0 Å². The van der Waals surface area contributed by atoms with Crippen molar-refractivity contribution in [1.29, 1.82) is 0 Å². The molecule has 0 bridgehead atoms. The van der Waals surface area contributed by atoms with Crippen molar-refractivity contribution >= 4 is 44.8 Å². The molecule has 0 radical (unpaired) electrons. The number of ether oxygens (including phenoxy) is 1. The van der Waals surface area contributed by atoms with Crippen LogP contribution < -0.4 is 4.74 Å². The molecule has 2 aromatic rings. The minimum Gasteiger partial charge on any atom is -0.488 e. The molecule has 3 rings (SSSR count). The van der Waals surface area contributed by atoms with Crippen LogP contribution in [0.3, 0.4) is 0 Å². The molecule has 4 nitrogen and oxygen atoms in total. The van der Waals surface area contributed by atoms with Gasteiger partial charge in [0.15, 0.2) is 5.17 Å². The molecule has 0 aliphatic carbocycles. The lowest BCUT2D eigenvalue weighted by atomic mass is 10.1. The Morgan fingerprint density at radius 3 is 2.60 bits per heavy atom. The van der Waals surface area contributed by atoms with E-state index in [-0.39, 0.29) is 18.0 Å². The molecule has 1 aliphatic heterocycles. The van der Waals surface area contributed by atoms with Crippen molar-refractivity contribution in [3.05, 3.63) is 68.5 Å². The number of amidine groups is 1. The molecule has 0 unspecified atom stereocenters. The summed E-state index contributed by atoms with van der Waals surface area (Å²) in [6.07, 6.45) is 1.90. The number of hydrogen-bond donors (Lipinski definition) is 0. The van der Waals surface area contributed by atoms with Crippen LogP contribution in [0, 0.1) is 6.92 Å². The van der Waals surface area contributed by atoms with Gasteiger partial charge in [-0.1, -0.05) is 45.8 Å². The van der Waals surface area contributed by atoms with Crippen molar-refractivity contribution < 1.29 is 9.53 Å². The number of aryl methyl sites for hydroxylation is 1. The summed E-state index contributed by atoms with van der Waals surface area (Å²) in [6.45, 7) is 10.6. The number of nitrogens with zero attached hydrogens (tertiary/aromatic N) is 2. The molecule has 0 atom stereocenters. The van der Waals surface area contributed by atoms with Gasteiger partial charge < -0.3 is 4.74 Å². The van der Waals surface area contributed by atoms with Crippen molar-refractivity contribution in [2.24, 2.45) is 4.99 Å². The zero-order chi connectivity index (χ0) is 21.8. The molecule has 6 heteroatoms. The maximum Gasteiger partial charge on any atom is 0.266 e. The van der Waals surface area contributed by atoms with E-state index in [0.29, 0.717) is 11.5 Å². The highest BCUT2D eigenvalue weighted by molar-refractivity contribution is 9.10. The Hall–Kier alpha value is -2.05. The highest BCUT2D eigenvalue weighted by atomic mass is 79.9. The first-order valence-corrected chi connectivity index (χ1v) is 11.6. The molecule has 2 aromatic carbocycles. The number of carbonyl (C=O) groups excluding carboxylic acids is 1. The second kappa shape index (κ2) is 9.84. The van der Waals surface area contributed by atoms with Crippen LogP contribution in [-0.4, -0.2) is 28.1 Å². The quantitative estimate of drug-likeness (QED) is 0.442. The summed E-state index contributed by atoms with van der Waals surface area (Å²) in [5.41, 5.74) is 3.18. The van der Waals surface area contributed by atoms with Gasteiger partial charge in [-0.3, -0.25) is 14.7 Å². The fourth-order valence-corrected chi connectivity index (χ4v) is 4.72. The van der Waals surface area contributed by atoms with Crippen LogP contribution in [0.15, 0.2) is 56.8 Å². The number of benzene rings is 2. The molecule has 1 fully saturated rings. The van der Waals surface area contributed by atoms with Gasteiger partial charge in [0.1, 0.15) is 12.4 Å². The van der Waals surface area contributed by atoms with Crippen molar-refractivity contribution in [2.75, 3.05) is 0 Å². The van der Waals surface area contributed by atoms with E-state index in [2.05, 4.69) is 46.0 Å². The first-order valence-electron chi connectivity index (χ1n) is 10.0. The van der Waals surface area contributed by atoms with Gasteiger partial charge in [0.05, 0.1) is 4.91 Å². The smallest absolute Gasteiger partial charge is 0.266 e. The van der Waals surface area contributed by atoms with E-state index in [1.54, 1.807) is 4.90 Å². The summed E-state index contributed by atoms with van der Waals surface area (Å²) in [5, 5.41) is 0.758. The number of rotatable bonds is 6. The fourth-order valence-electron chi connectivity index (χ4n) is 3.12. The number of hydrogen-bond acceptors (Lipinski definition) is 4. The van der Waals surface area contributed by atoms with Crippen LogP contribution >= 0.6 is 27.7 Å². The second-order valence-electron chi connectivity index (χ2n) is 7.84. The van der Waals surface area contributed by atoms with Crippen LogP contribution in [0.1, 0.15) is 44.4 Å². The standard InChI is InChI=1S/C24H27BrN2O2S/c1-15(2)26-24-27(16(3)4)23(28)22(30-24)13-19-12-20(25)9-10-21(19)29-14-18-8-6-7-17(5)11-18/h6-13,15-16H,14H2,1-5H3/b22-13+,26-24?. The minimum atomic E-state index is -0.0148. The van der Waals surface area contributed by atoms with E-state index >= 15 is 0 Å². The minimum absolute atomic E-state index is 0.0148. The third kappa shape index (κ3) is 5.55. The highest BCUT2D eigenvalue weighted by Gasteiger charge is 2.35. The van der Waals surface area contributed by atoms with Crippen LogP contribution in [-0.2, 0) is 11.4 Å². The maximum atomic E-state index is 13.1. The average Bonchev–Trinajstić information content (AvgIpc) is 2.95. The number of amides is 1. The Labute approximate surface area is 191 Å². The molecule has 0 N–H and O–H groups in total. The Balaban J connectivity index is 1.90. The molecule has 30 heavy (non-hydrogen) atoms. The Kier molecular flexibility index (Phi) is 7.42. The Bertz CT molecular complexity index is 998. The predicted octanol–water partition coefficient (Wildman–Crippen LogP) is 6.43.